The molecule has 1 aromatic rings. The third-order valence-corrected chi connectivity index (χ3v) is 6.54. The first-order chi connectivity index (χ1) is 9.60. The van der Waals surface area contributed by atoms with Gasteiger partial charge in [-0.1, -0.05) is 11.3 Å². The number of thiazole rings is 1. The van der Waals surface area contributed by atoms with Crippen LogP contribution in [0.25, 0.3) is 0 Å². The molecular weight excluding hydrogens is 330 g/mol. The topological polar surface area (TPSA) is 88.2 Å². The van der Waals surface area contributed by atoms with Gasteiger partial charge in [0, 0.05) is 6.92 Å². The molecule has 0 bridgehead atoms. The zero-order chi connectivity index (χ0) is 15.8. The van der Waals surface area contributed by atoms with Gasteiger partial charge in [0.2, 0.25) is 0 Å². The highest BCUT2D eigenvalue weighted by atomic mass is 32.2. The van der Waals surface area contributed by atoms with E-state index in [1.54, 1.807) is 6.92 Å². The number of thiocarbonyl (C=S) groups is 1. The van der Waals surface area contributed by atoms with Gasteiger partial charge in [0.25, 0.3) is 0 Å². The van der Waals surface area contributed by atoms with Crippen LogP contribution in [0.5, 0.6) is 0 Å². The number of aryl methyl sites for hydroxylation is 1. The van der Waals surface area contributed by atoms with Crippen molar-refractivity contribution in [3.63, 3.8) is 0 Å². The fraction of sp³-hybridized carbons (Fsp3) is 0.583. The van der Waals surface area contributed by atoms with Crippen molar-refractivity contribution in [3.8, 4) is 0 Å². The number of sulfone groups is 1. The van der Waals surface area contributed by atoms with Gasteiger partial charge in [-0.3, -0.25) is 4.79 Å². The van der Waals surface area contributed by atoms with Crippen LogP contribution in [-0.4, -0.2) is 41.3 Å². The average Bonchev–Trinajstić information content (AvgIpc) is 2.79. The van der Waals surface area contributed by atoms with E-state index in [9.17, 15) is 13.2 Å². The SMILES string of the molecule is CC(=O)c1sc(NC(=S)N[C@@]2(C)CCS(=O)(=O)C2)nc1C. The van der Waals surface area contributed by atoms with Gasteiger partial charge < -0.3 is 10.6 Å². The van der Waals surface area contributed by atoms with Crippen LogP contribution in [-0.2, 0) is 9.84 Å². The predicted octanol–water partition coefficient (Wildman–Crippen LogP) is 1.52. The number of Topliss-reactive ketones (excluding diaryl/α,β-unsaturated/α-hetero) is 1. The molecule has 1 aliphatic rings. The summed E-state index contributed by atoms with van der Waals surface area (Å²) in [6.07, 6.45) is 0.521. The predicted molar refractivity (Wildman–Crippen MR) is 87.9 cm³/mol. The number of carbonyl (C=O) groups excluding carboxylic acids is 1. The minimum absolute atomic E-state index is 0.0363. The van der Waals surface area contributed by atoms with Gasteiger partial charge in [-0.05, 0) is 32.5 Å². The molecule has 0 aromatic carbocycles. The molecule has 1 aromatic heterocycles. The molecule has 0 unspecified atom stereocenters. The molecule has 0 radical (unpaired) electrons. The van der Waals surface area contributed by atoms with Crippen molar-refractivity contribution >= 4 is 49.4 Å². The van der Waals surface area contributed by atoms with Crippen molar-refractivity contribution < 1.29 is 13.2 Å². The van der Waals surface area contributed by atoms with E-state index in [0.717, 1.165) is 0 Å². The lowest BCUT2D eigenvalue weighted by molar-refractivity contribution is 0.102. The van der Waals surface area contributed by atoms with Gasteiger partial charge in [-0.25, -0.2) is 13.4 Å². The first kappa shape index (κ1) is 16.3. The van der Waals surface area contributed by atoms with Crippen LogP contribution in [0.1, 0.15) is 35.6 Å². The molecule has 0 aliphatic carbocycles. The third-order valence-electron chi connectivity index (χ3n) is 3.26. The van der Waals surface area contributed by atoms with Crippen molar-refractivity contribution in [2.24, 2.45) is 0 Å². The Hall–Kier alpha value is -1.06. The Morgan fingerprint density at radius 1 is 1.48 bits per heavy atom. The number of aromatic nitrogens is 1. The van der Waals surface area contributed by atoms with Gasteiger partial charge in [-0.15, -0.1) is 0 Å². The van der Waals surface area contributed by atoms with E-state index in [2.05, 4.69) is 15.6 Å². The largest absolute Gasteiger partial charge is 0.356 e. The Labute approximate surface area is 133 Å². The highest BCUT2D eigenvalue weighted by Crippen LogP contribution is 2.25. The number of carbonyl (C=O) groups is 1. The maximum Gasteiger partial charge on any atom is 0.189 e. The van der Waals surface area contributed by atoms with E-state index in [1.807, 2.05) is 6.92 Å². The van der Waals surface area contributed by atoms with E-state index in [4.69, 9.17) is 12.2 Å². The molecule has 1 aliphatic heterocycles. The van der Waals surface area contributed by atoms with Crippen molar-refractivity contribution in [2.75, 3.05) is 16.8 Å². The van der Waals surface area contributed by atoms with Gasteiger partial charge >= 0.3 is 0 Å². The van der Waals surface area contributed by atoms with E-state index < -0.39 is 15.4 Å². The quantitative estimate of drug-likeness (QED) is 0.633. The smallest absolute Gasteiger partial charge is 0.189 e. The van der Waals surface area contributed by atoms with Gasteiger partial charge in [0.1, 0.15) is 0 Å². The second-order valence-electron chi connectivity index (χ2n) is 5.47. The number of hydrogen-bond donors (Lipinski definition) is 2. The van der Waals surface area contributed by atoms with Gasteiger partial charge in [-0.2, -0.15) is 0 Å². The molecule has 0 spiro atoms. The summed E-state index contributed by atoms with van der Waals surface area (Å²) < 4.78 is 23.1. The van der Waals surface area contributed by atoms with Crippen LogP contribution in [0, 0.1) is 6.92 Å². The fourth-order valence-corrected chi connectivity index (χ4v) is 5.65. The van der Waals surface area contributed by atoms with E-state index in [0.29, 0.717) is 27.2 Å². The van der Waals surface area contributed by atoms with Crippen molar-refractivity contribution in [1.29, 1.82) is 0 Å². The molecule has 1 fully saturated rings. The molecule has 6 nitrogen and oxygen atoms in total. The van der Waals surface area contributed by atoms with Crippen molar-refractivity contribution in [2.45, 2.75) is 32.7 Å². The average molecular weight is 347 g/mol. The number of nitrogens with zero attached hydrogens (tertiary/aromatic N) is 1. The summed E-state index contributed by atoms with van der Waals surface area (Å²) >= 11 is 6.44. The Morgan fingerprint density at radius 3 is 2.62 bits per heavy atom. The summed E-state index contributed by atoms with van der Waals surface area (Å²) in [6, 6.07) is 0. The Kier molecular flexibility index (Phi) is 4.36. The summed E-state index contributed by atoms with van der Waals surface area (Å²) in [4.78, 5) is 16.2. The first-order valence-corrected chi connectivity index (χ1v) is 9.43. The first-order valence-electron chi connectivity index (χ1n) is 6.38. The molecule has 116 valence electrons. The van der Waals surface area contributed by atoms with Crippen LogP contribution >= 0.6 is 23.6 Å². The van der Waals surface area contributed by atoms with E-state index in [1.165, 1.54) is 18.3 Å². The lowest BCUT2D eigenvalue weighted by Crippen LogP contribution is -2.48. The van der Waals surface area contributed by atoms with Crippen LogP contribution in [0.2, 0.25) is 0 Å². The highest BCUT2D eigenvalue weighted by molar-refractivity contribution is 7.91. The van der Waals surface area contributed by atoms with E-state index in [-0.39, 0.29) is 17.3 Å². The van der Waals surface area contributed by atoms with Crippen LogP contribution in [0.3, 0.4) is 0 Å². The molecule has 2 heterocycles. The summed E-state index contributed by atoms with van der Waals surface area (Å²) in [7, 11) is -2.99. The van der Waals surface area contributed by atoms with Crippen molar-refractivity contribution in [3.05, 3.63) is 10.6 Å². The standard InChI is InChI=1S/C12H17N3O3S3/c1-7-9(8(2)16)20-11(13-7)14-10(19)15-12(3)4-5-21(17,18)6-12/h4-6H2,1-3H3,(H2,13,14,15,19)/t12-/m0/s1. The van der Waals surface area contributed by atoms with Crippen molar-refractivity contribution in [1.82, 2.24) is 10.3 Å². The third kappa shape index (κ3) is 3.98. The van der Waals surface area contributed by atoms with Gasteiger partial charge in [0.15, 0.2) is 25.9 Å². The minimum atomic E-state index is -2.99. The fourth-order valence-electron chi connectivity index (χ4n) is 2.29. The van der Waals surface area contributed by atoms with E-state index >= 15 is 0 Å². The molecule has 2 N–H and O–H groups in total. The summed E-state index contributed by atoms with van der Waals surface area (Å²) in [5, 5.41) is 6.80. The number of nitrogens with one attached hydrogen (secondary N) is 2. The zero-order valence-electron chi connectivity index (χ0n) is 12.0. The molecule has 0 saturated carbocycles. The molecule has 9 heteroatoms. The Balaban J connectivity index is 2.03. The van der Waals surface area contributed by atoms with Crippen LogP contribution < -0.4 is 10.6 Å². The lowest BCUT2D eigenvalue weighted by Gasteiger charge is -2.25. The highest BCUT2D eigenvalue weighted by Gasteiger charge is 2.38. The maximum atomic E-state index is 11.6. The minimum Gasteiger partial charge on any atom is -0.356 e. The van der Waals surface area contributed by atoms with Crippen LogP contribution in [0.15, 0.2) is 0 Å². The molecule has 21 heavy (non-hydrogen) atoms. The Bertz CT molecular complexity index is 696. The Morgan fingerprint density at radius 2 is 2.14 bits per heavy atom. The maximum absolute atomic E-state index is 11.6. The summed E-state index contributed by atoms with van der Waals surface area (Å²) in [5.74, 6) is 0.201. The molecular formula is C12H17N3O3S3. The van der Waals surface area contributed by atoms with Crippen LogP contribution in [0.4, 0.5) is 5.13 Å². The second kappa shape index (κ2) is 5.62. The molecule has 1 saturated heterocycles. The number of ketones is 1. The monoisotopic (exact) mass is 347 g/mol. The lowest BCUT2D eigenvalue weighted by atomic mass is 10.0. The zero-order valence-corrected chi connectivity index (χ0v) is 14.5. The second-order valence-corrected chi connectivity index (χ2v) is 9.06. The van der Waals surface area contributed by atoms with Gasteiger partial charge in [0.05, 0.1) is 27.6 Å². The molecule has 2 rings (SSSR count). The molecule has 0 amide bonds. The number of hydrogen-bond acceptors (Lipinski definition) is 6. The summed E-state index contributed by atoms with van der Waals surface area (Å²) in [6.45, 7) is 5.09. The number of rotatable bonds is 3. The summed E-state index contributed by atoms with van der Waals surface area (Å²) in [5.41, 5.74) is 0.103. The normalized spacial score (nSPS) is 23.8. The molecule has 1 atom stereocenters. The number of anilines is 1.